The highest BCUT2D eigenvalue weighted by Gasteiger charge is 2.48. The summed E-state index contributed by atoms with van der Waals surface area (Å²) >= 11 is 0. The molecule has 4 rings (SSSR count). The van der Waals surface area contributed by atoms with Gasteiger partial charge in [-0.2, -0.15) is 0 Å². The van der Waals surface area contributed by atoms with E-state index in [0.29, 0.717) is 5.69 Å². The van der Waals surface area contributed by atoms with Crippen LogP contribution in [0.2, 0.25) is 0 Å². The van der Waals surface area contributed by atoms with Gasteiger partial charge >= 0.3 is 0 Å². The number of sulfonamides is 2. The normalized spacial score (nSPS) is 16.5. The first-order valence-corrected chi connectivity index (χ1v) is 11.2. The van der Waals surface area contributed by atoms with Gasteiger partial charge in [-0.25, -0.2) is 21.8 Å². The van der Waals surface area contributed by atoms with Gasteiger partial charge in [0.2, 0.25) is 0 Å². The first-order chi connectivity index (χ1) is 14.2. The van der Waals surface area contributed by atoms with Crippen molar-refractivity contribution in [3.8, 4) is 0 Å². The fraction of sp³-hybridized carbons (Fsp3) is 0. The molecule has 11 nitrogen and oxygen atoms in total. The summed E-state index contributed by atoms with van der Waals surface area (Å²) in [5.74, 6) is -1.92. The molecule has 13 heteroatoms. The van der Waals surface area contributed by atoms with Crippen LogP contribution < -0.4 is 10.7 Å². The zero-order valence-electron chi connectivity index (χ0n) is 14.9. The van der Waals surface area contributed by atoms with Gasteiger partial charge in [0, 0.05) is 9.51 Å². The molecule has 0 radical (unpaired) electrons. The number of carbonyl (C=O) groups is 2. The minimum Gasteiger partial charge on any atom is -0.340 e. The Morgan fingerprint density at radius 2 is 1.40 bits per heavy atom. The number of aromatic nitrogens is 2. The van der Waals surface area contributed by atoms with Gasteiger partial charge < -0.3 is 10.3 Å². The first kappa shape index (κ1) is 19.8. The molecule has 154 valence electrons. The van der Waals surface area contributed by atoms with Crippen molar-refractivity contribution in [3.05, 3.63) is 72.3 Å². The molecule has 1 aromatic heterocycles. The standard InChI is InChI=1S/C17H13N5O6S2/c23-16(20-11-6-2-1-3-7-11)14-15(19-10-18-14)17(24)21-22-29(25,26)12-8-4-5-9-13(12)30(22,27)28/h1-10H,(H,18,19)(H,20,23)(H,21,24). The molecule has 2 aromatic carbocycles. The zero-order valence-corrected chi connectivity index (χ0v) is 16.6. The van der Waals surface area contributed by atoms with Crippen molar-refractivity contribution in [3.63, 3.8) is 0 Å². The number of para-hydroxylation sites is 1. The molecule has 0 unspecified atom stereocenters. The SMILES string of the molecule is O=C(NN1S(=O)(=O)c2ccccc2S1(=O)=O)c1nc[nH]c1C(=O)Nc1ccccc1. The lowest BCUT2D eigenvalue weighted by Crippen LogP contribution is -2.46. The average molecular weight is 447 g/mol. The van der Waals surface area contributed by atoms with E-state index < -0.39 is 47.3 Å². The number of fused-ring (bicyclic) bond motifs is 1. The van der Waals surface area contributed by atoms with E-state index in [1.807, 2.05) is 5.43 Å². The number of amides is 2. The van der Waals surface area contributed by atoms with Gasteiger partial charge in [-0.15, -0.1) is 0 Å². The van der Waals surface area contributed by atoms with Gasteiger partial charge in [-0.1, -0.05) is 30.3 Å². The van der Waals surface area contributed by atoms with Gasteiger partial charge in [0.1, 0.15) is 15.5 Å². The van der Waals surface area contributed by atoms with Crippen molar-refractivity contribution in [2.45, 2.75) is 9.79 Å². The van der Waals surface area contributed by atoms with Crippen LogP contribution in [0.4, 0.5) is 5.69 Å². The van der Waals surface area contributed by atoms with Gasteiger partial charge in [-0.05, 0) is 24.3 Å². The molecule has 0 bridgehead atoms. The van der Waals surface area contributed by atoms with Crippen LogP contribution in [-0.2, 0) is 20.0 Å². The van der Waals surface area contributed by atoms with E-state index in [0.717, 1.165) is 18.5 Å². The highest BCUT2D eigenvalue weighted by molar-refractivity contribution is 8.06. The van der Waals surface area contributed by atoms with Crippen LogP contribution in [0.1, 0.15) is 21.0 Å². The second-order valence-electron chi connectivity index (χ2n) is 6.04. The number of rotatable bonds is 4. The smallest absolute Gasteiger partial charge is 0.288 e. The van der Waals surface area contributed by atoms with Crippen molar-refractivity contribution < 1.29 is 26.4 Å². The average Bonchev–Trinajstić information content (AvgIpc) is 3.27. The topological polar surface area (TPSA) is 158 Å². The fourth-order valence-electron chi connectivity index (χ4n) is 2.79. The molecule has 30 heavy (non-hydrogen) atoms. The Morgan fingerprint density at radius 1 is 0.833 bits per heavy atom. The third-order valence-electron chi connectivity index (χ3n) is 4.15. The first-order valence-electron chi connectivity index (χ1n) is 8.33. The maximum absolute atomic E-state index is 12.6. The molecule has 0 aliphatic carbocycles. The summed E-state index contributed by atoms with van der Waals surface area (Å²) < 4.78 is 50.2. The molecule has 3 N–H and O–H groups in total. The van der Waals surface area contributed by atoms with E-state index in [4.69, 9.17) is 0 Å². The molecular weight excluding hydrogens is 434 g/mol. The number of hydrogen-bond acceptors (Lipinski definition) is 7. The Labute approximate surface area is 170 Å². The van der Waals surface area contributed by atoms with Crippen LogP contribution >= 0.6 is 0 Å². The molecule has 0 spiro atoms. The molecule has 1 aliphatic heterocycles. The molecule has 0 saturated heterocycles. The third kappa shape index (κ3) is 3.14. The predicted molar refractivity (Wildman–Crippen MR) is 103 cm³/mol. The minimum atomic E-state index is -4.55. The van der Waals surface area contributed by atoms with Crippen molar-refractivity contribution in [1.29, 1.82) is 0 Å². The number of nitrogens with zero attached hydrogens (tertiary/aromatic N) is 2. The summed E-state index contributed by atoms with van der Waals surface area (Å²) in [6.45, 7) is 0. The molecule has 3 aromatic rings. The monoisotopic (exact) mass is 447 g/mol. The molecule has 1 aliphatic rings. The number of aromatic amines is 1. The van der Waals surface area contributed by atoms with Crippen LogP contribution in [0.15, 0.2) is 70.7 Å². The Kier molecular flexibility index (Phi) is 4.64. The summed E-state index contributed by atoms with van der Waals surface area (Å²) in [5, 5.41) is 2.54. The van der Waals surface area contributed by atoms with Crippen molar-refractivity contribution in [1.82, 2.24) is 19.2 Å². The van der Waals surface area contributed by atoms with E-state index >= 15 is 0 Å². The Bertz CT molecular complexity index is 1310. The van der Waals surface area contributed by atoms with Gasteiger partial charge in [0.05, 0.1) is 6.33 Å². The summed E-state index contributed by atoms with van der Waals surface area (Å²) in [6, 6.07) is 13.3. The predicted octanol–water partition coefficient (Wildman–Crippen LogP) is 0.700. The van der Waals surface area contributed by atoms with E-state index in [2.05, 4.69) is 15.3 Å². The number of benzene rings is 2. The Balaban J connectivity index is 1.62. The molecule has 0 fully saturated rings. The number of carbonyl (C=O) groups excluding carboxylic acids is 2. The largest absolute Gasteiger partial charge is 0.340 e. The number of hydrazine groups is 1. The highest BCUT2D eigenvalue weighted by atomic mass is 32.3. The molecule has 0 atom stereocenters. The van der Waals surface area contributed by atoms with Crippen LogP contribution in [0, 0.1) is 0 Å². The fourth-order valence-corrected chi connectivity index (χ4v) is 6.85. The molecule has 2 amide bonds. The van der Waals surface area contributed by atoms with E-state index in [9.17, 15) is 26.4 Å². The van der Waals surface area contributed by atoms with E-state index in [1.165, 1.54) is 12.1 Å². The maximum Gasteiger partial charge on any atom is 0.288 e. The van der Waals surface area contributed by atoms with Gasteiger partial charge in [0.25, 0.3) is 31.9 Å². The zero-order chi connectivity index (χ0) is 21.5. The summed E-state index contributed by atoms with van der Waals surface area (Å²) in [5.41, 5.74) is 1.51. The van der Waals surface area contributed by atoms with Crippen LogP contribution in [0.5, 0.6) is 0 Å². The number of anilines is 1. The van der Waals surface area contributed by atoms with Crippen molar-refractivity contribution >= 4 is 37.5 Å². The van der Waals surface area contributed by atoms with Crippen LogP contribution in [0.3, 0.4) is 0 Å². The van der Waals surface area contributed by atoms with Gasteiger partial charge in [0.15, 0.2) is 5.69 Å². The second-order valence-corrected chi connectivity index (χ2v) is 9.78. The lowest BCUT2D eigenvalue weighted by atomic mass is 10.2. The molecular formula is C17H13N5O6S2. The van der Waals surface area contributed by atoms with Crippen LogP contribution in [-0.4, -0.2) is 42.4 Å². The summed E-state index contributed by atoms with van der Waals surface area (Å²) in [7, 11) is -9.09. The maximum atomic E-state index is 12.6. The lowest BCUT2D eigenvalue weighted by Gasteiger charge is -2.14. The van der Waals surface area contributed by atoms with E-state index in [1.54, 1.807) is 30.3 Å². The number of nitrogens with one attached hydrogen (secondary N) is 3. The number of hydrogen-bond donors (Lipinski definition) is 3. The lowest BCUT2D eigenvalue weighted by molar-refractivity contribution is 0.0901. The molecule has 2 heterocycles. The quantitative estimate of drug-likeness (QED) is 0.531. The van der Waals surface area contributed by atoms with Crippen LogP contribution in [0.25, 0.3) is 0 Å². The van der Waals surface area contributed by atoms with Gasteiger partial charge in [-0.3, -0.25) is 15.0 Å². The summed E-state index contributed by atoms with van der Waals surface area (Å²) in [4.78, 5) is 30.4. The molecule has 0 saturated carbocycles. The Morgan fingerprint density at radius 3 is 2.00 bits per heavy atom. The minimum absolute atomic E-state index is 0.124. The number of H-pyrrole nitrogens is 1. The van der Waals surface area contributed by atoms with Crippen molar-refractivity contribution in [2.24, 2.45) is 0 Å². The highest BCUT2D eigenvalue weighted by Crippen LogP contribution is 2.34. The summed E-state index contributed by atoms with van der Waals surface area (Å²) in [6.07, 6.45) is 1.05. The van der Waals surface area contributed by atoms with Crippen molar-refractivity contribution in [2.75, 3.05) is 5.32 Å². The third-order valence-corrected chi connectivity index (χ3v) is 8.33. The van der Waals surface area contributed by atoms with E-state index in [-0.39, 0.29) is 9.51 Å². The Hall–Kier alpha value is -3.55. The number of imidazole rings is 1. The second kappa shape index (κ2) is 7.05.